The van der Waals surface area contributed by atoms with Crippen LogP contribution < -0.4 is 14.9 Å². The smallest absolute Gasteiger partial charge is 0.492 e. The van der Waals surface area contributed by atoms with E-state index in [9.17, 15) is 10.0 Å². The maximum Gasteiger partial charge on any atom is 0.492 e. The molecule has 0 aliphatic rings. The van der Waals surface area contributed by atoms with Crippen LogP contribution in [-0.2, 0) is 6.61 Å². The van der Waals surface area contributed by atoms with Crippen LogP contribution in [-0.4, -0.2) is 24.3 Å². The largest absolute Gasteiger partial charge is 0.497 e. The van der Waals surface area contributed by atoms with E-state index < -0.39 is 7.12 Å². The van der Waals surface area contributed by atoms with Crippen molar-refractivity contribution in [1.29, 1.82) is 0 Å². The molecule has 0 aromatic heterocycles. The summed E-state index contributed by atoms with van der Waals surface area (Å²) in [5.74, 6) is 0.987. The van der Waals surface area contributed by atoms with Crippen LogP contribution in [0.2, 0.25) is 0 Å². The van der Waals surface area contributed by atoms with Crippen molar-refractivity contribution >= 4 is 12.6 Å². The van der Waals surface area contributed by atoms with Crippen LogP contribution in [0.4, 0.5) is 0 Å². The summed E-state index contributed by atoms with van der Waals surface area (Å²) in [4.78, 5) is 0. The summed E-state index contributed by atoms with van der Waals surface area (Å²) in [5.41, 5.74) is 3.76. The van der Waals surface area contributed by atoms with Crippen LogP contribution >= 0.6 is 0 Å². The van der Waals surface area contributed by atoms with Gasteiger partial charge in [0.1, 0.15) is 18.1 Å². The molecule has 0 saturated heterocycles. The van der Waals surface area contributed by atoms with Gasteiger partial charge in [0.15, 0.2) is 0 Å². The Morgan fingerprint density at radius 3 is 2.38 bits per heavy atom. The van der Waals surface area contributed by atoms with Crippen molar-refractivity contribution in [3.05, 3.63) is 53.1 Å². The van der Waals surface area contributed by atoms with E-state index in [2.05, 4.69) is 19.9 Å². The first-order chi connectivity index (χ1) is 10.0. The standard InChI is InChI=1S/C16H19BO4/c1-11-4-5-13(8-12(11)2)10-21-16-7-6-14(20-3)9-15(16)17(18)19/h4-9,18-19H,10H2,1-3H3. The number of hydrogen-bond acceptors (Lipinski definition) is 4. The average molecular weight is 286 g/mol. The first-order valence-electron chi connectivity index (χ1n) is 6.74. The van der Waals surface area contributed by atoms with Gasteiger partial charge in [0.05, 0.1) is 7.11 Å². The van der Waals surface area contributed by atoms with Gasteiger partial charge in [-0.3, -0.25) is 0 Å². The van der Waals surface area contributed by atoms with Crippen LogP contribution in [0.5, 0.6) is 11.5 Å². The first-order valence-corrected chi connectivity index (χ1v) is 6.74. The molecule has 0 spiro atoms. The van der Waals surface area contributed by atoms with Gasteiger partial charge in [-0.25, -0.2) is 0 Å². The topological polar surface area (TPSA) is 58.9 Å². The summed E-state index contributed by atoms with van der Waals surface area (Å²) in [6, 6.07) is 11.1. The van der Waals surface area contributed by atoms with Crippen molar-refractivity contribution in [2.75, 3.05) is 7.11 Å². The molecule has 0 bridgehead atoms. The van der Waals surface area contributed by atoms with E-state index >= 15 is 0 Å². The molecule has 2 N–H and O–H groups in total. The summed E-state index contributed by atoms with van der Waals surface area (Å²) in [6.07, 6.45) is 0. The number of rotatable bonds is 5. The first kappa shape index (κ1) is 15.4. The van der Waals surface area contributed by atoms with Crippen LogP contribution in [0.25, 0.3) is 0 Å². The fourth-order valence-corrected chi connectivity index (χ4v) is 2.04. The number of hydrogen-bond donors (Lipinski definition) is 2. The molecule has 0 radical (unpaired) electrons. The van der Waals surface area contributed by atoms with E-state index in [1.165, 1.54) is 18.2 Å². The zero-order valence-corrected chi connectivity index (χ0v) is 12.5. The second-order valence-corrected chi connectivity index (χ2v) is 4.98. The Hall–Kier alpha value is -1.98. The minimum atomic E-state index is -1.60. The number of benzene rings is 2. The molecule has 0 heterocycles. The van der Waals surface area contributed by atoms with Crippen molar-refractivity contribution in [2.45, 2.75) is 20.5 Å². The Balaban J connectivity index is 2.17. The molecule has 2 aromatic carbocycles. The summed E-state index contributed by atoms with van der Waals surface area (Å²) in [7, 11) is -0.0757. The van der Waals surface area contributed by atoms with Gasteiger partial charge in [-0.05, 0) is 48.7 Å². The second-order valence-electron chi connectivity index (χ2n) is 4.98. The summed E-state index contributed by atoms with van der Waals surface area (Å²) < 4.78 is 10.8. The summed E-state index contributed by atoms with van der Waals surface area (Å²) >= 11 is 0. The predicted octanol–water partition coefficient (Wildman–Crippen LogP) is 1.57. The van der Waals surface area contributed by atoms with E-state index in [0.717, 1.165) is 5.56 Å². The van der Waals surface area contributed by atoms with Crippen LogP contribution in [0.15, 0.2) is 36.4 Å². The molecule has 0 fully saturated rings. The fourth-order valence-electron chi connectivity index (χ4n) is 2.04. The van der Waals surface area contributed by atoms with Gasteiger partial charge in [-0.2, -0.15) is 0 Å². The lowest BCUT2D eigenvalue weighted by Crippen LogP contribution is -2.31. The monoisotopic (exact) mass is 286 g/mol. The van der Waals surface area contributed by atoms with Crippen molar-refractivity contribution < 1.29 is 19.5 Å². The predicted molar refractivity (Wildman–Crippen MR) is 83.1 cm³/mol. The number of methoxy groups -OCH3 is 1. The van der Waals surface area contributed by atoms with Gasteiger partial charge in [-0.15, -0.1) is 0 Å². The fraction of sp³-hybridized carbons (Fsp3) is 0.250. The maximum absolute atomic E-state index is 9.42. The lowest BCUT2D eigenvalue weighted by molar-refractivity contribution is 0.306. The molecule has 21 heavy (non-hydrogen) atoms. The van der Waals surface area contributed by atoms with Crippen LogP contribution in [0, 0.1) is 13.8 Å². The second kappa shape index (κ2) is 6.65. The van der Waals surface area contributed by atoms with E-state index in [4.69, 9.17) is 9.47 Å². The van der Waals surface area contributed by atoms with Gasteiger partial charge in [0.2, 0.25) is 0 Å². The molecule has 0 saturated carbocycles. The van der Waals surface area contributed by atoms with Crippen molar-refractivity contribution in [3.8, 4) is 11.5 Å². The highest BCUT2D eigenvalue weighted by Gasteiger charge is 2.18. The lowest BCUT2D eigenvalue weighted by Gasteiger charge is -2.13. The van der Waals surface area contributed by atoms with E-state index in [1.807, 2.05) is 12.1 Å². The maximum atomic E-state index is 9.42. The molecule has 0 aliphatic heterocycles. The Morgan fingerprint density at radius 2 is 1.76 bits per heavy atom. The summed E-state index contributed by atoms with van der Waals surface area (Å²) in [5, 5.41) is 18.8. The Bertz CT molecular complexity index is 626. The normalized spacial score (nSPS) is 10.3. The molecule has 0 aliphatic carbocycles. The third kappa shape index (κ3) is 3.77. The van der Waals surface area contributed by atoms with Crippen molar-refractivity contribution in [2.24, 2.45) is 0 Å². The molecule has 5 heteroatoms. The van der Waals surface area contributed by atoms with Gasteiger partial charge >= 0.3 is 7.12 Å². The molecule has 0 amide bonds. The van der Waals surface area contributed by atoms with Gasteiger partial charge in [0.25, 0.3) is 0 Å². The van der Waals surface area contributed by atoms with Crippen molar-refractivity contribution in [3.63, 3.8) is 0 Å². The Kier molecular flexibility index (Phi) is 4.88. The quantitative estimate of drug-likeness (QED) is 0.819. The third-order valence-electron chi connectivity index (χ3n) is 3.46. The number of ether oxygens (including phenoxy) is 2. The van der Waals surface area contributed by atoms with Gasteiger partial charge in [-0.1, -0.05) is 18.2 Å². The molecule has 110 valence electrons. The zero-order chi connectivity index (χ0) is 15.4. The zero-order valence-electron chi connectivity index (χ0n) is 12.5. The summed E-state index contributed by atoms with van der Waals surface area (Å²) in [6.45, 7) is 4.48. The molecule has 0 unspecified atom stereocenters. The van der Waals surface area contributed by atoms with E-state index in [-0.39, 0.29) is 5.46 Å². The van der Waals surface area contributed by atoms with E-state index in [0.29, 0.717) is 18.1 Å². The molecular formula is C16H19BO4. The highest BCUT2D eigenvalue weighted by atomic mass is 16.5. The molecule has 2 aromatic rings. The lowest BCUT2D eigenvalue weighted by atomic mass is 9.79. The highest BCUT2D eigenvalue weighted by molar-refractivity contribution is 6.59. The minimum absolute atomic E-state index is 0.290. The minimum Gasteiger partial charge on any atom is -0.497 e. The van der Waals surface area contributed by atoms with Crippen LogP contribution in [0.1, 0.15) is 16.7 Å². The number of aryl methyl sites for hydroxylation is 2. The molecule has 0 atom stereocenters. The highest BCUT2D eigenvalue weighted by Crippen LogP contribution is 2.18. The van der Waals surface area contributed by atoms with Crippen molar-refractivity contribution in [1.82, 2.24) is 0 Å². The Labute approximate surface area is 125 Å². The van der Waals surface area contributed by atoms with Crippen LogP contribution in [0.3, 0.4) is 0 Å². The molecular weight excluding hydrogens is 267 g/mol. The average Bonchev–Trinajstić information content (AvgIpc) is 2.48. The van der Waals surface area contributed by atoms with Gasteiger partial charge in [0, 0.05) is 5.46 Å². The Morgan fingerprint density at radius 1 is 1.00 bits per heavy atom. The van der Waals surface area contributed by atoms with Gasteiger partial charge < -0.3 is 19.5 Å². The SMILES string of the molecule is COc1ccc(OCc2ccc(C)c(C)c2)c(B(O)O)c1. The molecule has 2 rings (SSSR count). The molecule has 4 nitrogen and oxygen atoms in total. The third-order valence-corrected chi connectivity index (χ3v) is 3.46. The van der Waals surface area contributed by atoms with E-state index in [1.54, 1.807) is 18.2 Å².